The van der Waals surface area contributed by atoms with Crippen molar-refractivity contribution in [2.24, 2.45) is 5.92 Å². The molecular formula is C12H18BrN. The number of benzene rings is 1. The van der Waals surface area contributed by atoms with Crippen molar-refractivity contribution < 1.29 is 0 Å². The Hall–Kier alpha value is -0.500. The van der Waals surface area contributed by atoms with Crippen LogP contribution in [0.5, 0.6) is 0 Å². The Balaban J connectivity index is 2.66. The standard InChI is InChI=1S/C12H18BrN/c1-10(2)9-14(3)12-6-4-11(8-13)5-7-12/h4-7,10H,8-9H2,1-3H3. The second-order valence-electron chi connectivity index (χ2n) is 4.07. The Morgan fingerprint density at radius 3 is 2.21 bits per heavy atom. The largest absolute Gasteiger partial charge is 0.374 e. The first-order valence-electron chi connectivity index (χ1n) is 4.99. The van der Waals surface area contributed by atoms with E-state index in [0.717, 1.165) is 11.9 Å². The van der Waals surface area contributed by atoms with Crippen LogP contribution < -0.4 is 4.90 Å². The third-order valence-corrected chi connectivity index (χ3v) is 2.82. The van der Waals surface area contributed by atoms with Crippen molar-refractivity contribution in [1.82, 2.24) is 0 Å². The molecule has 0 spiro atoms. The van der Waals surface area contributed by atoms with Gasteiger partial charge in [0.1, 0.15) is 0 Å². The van der Waals surface area contributed by atoms with E-state index in [9.17, 15) is 0 Å². The van der Waals surface area contributed by atoms with E-state index in [-0.39, 0.29) is 0 Å². The van der Waals surface area contributed by atoms with E-state index in [4.69, 9.17) is 0 Å². The molecule has 0 aliphatic carbocycles. The van der Waals surface area contributed by atoms with Crippen molar-refractivity contribution in [3.8, 4) is 0 Å². The normalized spacial score (nSPS) is 10.6. The lowest BCUT2D eigenvalue weighted by molar-refractivity contribution is 0.638. The average molecular weight is 256 g/mol. The van der Waals surface area contributed by atoms with Crippen LogP contribution in [0.3, 0.4) is 0 Å². The molecule has 1 nitrogen and oxygen atoms in total. The fourth-order valence-corrected chi connectivity index (χ4v) is 1.87. The molecule has 0 amide bonds. The van der Waals surface area contributed by atoms with Crippen molar-refractivity contribution >= 4 is 21.6 Å². The van der Waals surface area contributed by atoms with Gasteiger partial charge in [-0.05, 0) is 23.6 Å². The zero-order valence-electron chi connectivity index (χ0n) is 9.13. The van der Waals surface area contributed by atoms with Crippen LogP contribution in [0.25, 0.3) is 0 Å². The fourth-order valence-electron chi connectivity index (χ4n) is 1.49. The van der Waals surface area contributed by atoms with Gasteiger partial charge in [0.15, 0.2) is 0 Å². The van der Waals surface area contributed by atoms with Crippen LogP contribution in [-0.4, -0.2) is 13.6 Å². The Bertz CT molecular complexity index is 266. The molecule has 2 heteroatoms. The predicted octanol–water partition coefficient (Wildman–Crippen LogP) is 3.67. The number of anilines is 1. The van der Waals surface area contributed by atoms with Gasteiger partial charge < -0.3 is 4.90 Å². The van der Waals surface area contributed by atoms with Gasteiger partial charge in [-0.2, -0.15) is 0 Å². The SMILES string of the molecule is CC(C)CN(C)c1ccc(CBr)cc1. The van der Waals surface area contributed by atoms with Gasteiger partial charge in [0.25, 0.3) is 0 Å². The summed E-state index contributed by atoms with van der Waals surface area (Å²) in [5.74, 6) is 0.704. The van der Waals surface area contributed by atoms with E-state index in [1.54, 1.807) is 0 Å². The minimum absolute atomic E-state index is 0.704. The summed E-state index contributed by atoms with van der Waals surface area (Å²) in [5, 5.41) is 0.932. The molecule has 0 saturated carbocycles. The van der Waals surface area contributed by atoms with Gasteiger partial charge in [0, 0.05) is 24.6 Å². The fraction of sp³-hybridized carbons (Fsp3) is 0.500. The molecule has 1 rings (SSSR count). The molecule has 0 aromatic heterocycles. The van der Waals surface area contributed by atoms with Crippen LogP contribution >= 0.6 is 15.9 Å². The molecule has 0 aliphatic heterocycles. The predicted molar refractivity (Wildman–Crippen MR) is 67.2 cm³/mol. The zero-order valence-corrected chi connectivity index (χ0v) is 10.7. The van der Waals surface area contributed by atoms with E-state index in [1.165, 1.54) is 11.3 Å². The van der Waals surface area contributed by atoms with Crippen molar-refractivity contribution in [3.05, 3.63) is 29.8 Å². The molecule has 0 heterocycles. The lowest BCUT2D eigenvalue weighted by atomic mass is 10.2. The number of halogens is 1. The summed E-state index contributed by atoms with van der Waals surface area (Å²) in [6, 6.07) is 8.69. The van der Waals surface area contributed by atoms with Gasteiger partial charge in [-0.25, -0.2) is 0 Å². The highest BCUT2D eigenvalue weighted by atomic mass is 79.9. The summed E-state index contributed by atoms with van der Waals surface area (Å²) in [7, 11) is 2.14. The van der Waals surface area contributed by atoms with Crippen LogP contribution in [0, 0.1) is 5.92 Å². The third kappa shape index (κ3) is 3.33. The van der Waals surface area contributed by atoms with Crippen LogP contribution in [-0.2, 0) is 5.33 Å². The van der Waals surface area contributed by atoms with Gasteiger partial charge in [0.05, 0.1) is 0 Å². The Morgan fingerprint density at radius 2 is 1.79 bits per heavy atom. The van der Waals surface area contributed by atoms with Crippen molar-refractivity contribution in [3.63, 3.8) is 0 Å². The molecule has 0 bridgehead atoms. The Labute approximate surface area is 95.2 Å². The summed E-state index contributed by atoms with van der Waals surface area (Å²) < 4.78 is 0. The minimum Gasteiger partial charge on any atom is -0.374 e. The van der Waals surface area contributed by atoms with Gasteiger partial charge >= 0.3 is 0 Å². The Kier molecular flexibility index (Phi) is 4.46. The lowest BCUT2D eigenvalue weighted by Crippen LogP contribution is -2.22. The summed E-state index contributed by atoms with van der Waals surface area (Å²) in [6.07, 6.45) is 0. The monoisotopic (exact) mass is 255 g/mol. The molecular weight excluding hydrogens is 238 g/mol. The first-order valence-corrected chi connectivity index (χ1v) is 6.11. The molecule has 0 fully saturated rings. The van der Waals surface area contributed by atoms with Crippen LogP contribution in [0.15, 0.2) is 24.3 Å². The second-order valence-corrected chi connectivity index (χ2v) is 4.64. The van der Waals surface area contributed by atoms with Crippen LogP contribution in [0.4, 0.5) is 5.69 Å². The van der Waals surface area contributed by atoms with E-state index < -0.39 is 0 Å². The summed E-state index contributed by atoms with van der Waals surface area (Å²) in [5.41, 5.74) is 2.62. The first-order chi connectivity index (χ1) is 6.63. The molecule has 0 radical (unpaired) electrons. The third-order valence-electron chi connectivity index (χ3n) is 2.17. The van der Waals surface area contributed by atoms with E-state index in [0.29, 0.717) is 5.92 Å². The summed E-state index contributed by atoms with van der Waals surface area (Å²) in [6.45, 7) is 5.58. The van der Waals surface area contributed by atoms with E-state index >= 15 is 0 Å². The quantitative estimate of drug-likeness (QED) is 0.743. The summed E-state index contributed by atoms with van der Waals surface area (Å²) >= 11 is 3.45. The highest BCUT2D eigenvalue weighted by Gasteiger charge is 2.02. The van der Waals surface area contributed by atoms with Gasteiger partial charge in [0.2, 0.25) is 0 Å². The highest BCUT2D eigenvalue weighted by molar-refractivity contribution is 9.08. The van der Waals surface area contributed by atoms with Crippen molar-refractivity contribution in [2.45, 2.75) is 19.2 Å². The maximum atomic E-state index is 3.45. The number of hydrogen-bond acceptors (Lipinski definition) is 1. The molecule has 14 heavy (non-hydrogen) atoms. The smallest absolute Gasteiger partial charge is 0.0363 e. The molecule has 1 aromatic rings. The second kappa shape index (κ2) is 5.40. The van der Waals surface area contributed by atoms with Gasteiger partial charge in [-0.1, -0.05) is 41.9 Å². The first kappa shape index (κ1) is 11.6. The number of nitrogens with zero attached hydrogens (tertiary/aromatic N) is 1. The molecule has 0 aliphatic rings. The molecule has 1 aromatic carbocycles. The maximum Gasteiger partial charge on any atom is 0.0363 e. The molecule has 0 unspecified atom stereocenters. The Morgan fingerprint density at radius 1 is 1.21 bits per heavy atom. The highest BCUT2D eigenvalue weighted by Crippen LogP contribution is 2.16. The topological polar surface area (TPSA) is 3.24 Å². The van der Waals surface area contributed by atoms with Crippen LogP contribution in [0.2, 0.25) is 0 Å². The van der Waals surface area contributed by atoms with Gasteiger partial charge in [-0.15, -0.1) is 0 Å². The number of rotatable bonds is 4. The minimum atomic E-state index is 0.704. The van der Waals surface area contributed by atoms with Crippen molar-refractivity contribution in [2.75, 3.05) is 18.5 Å². The number of alkyl halides is 1. The van der Waals surface area contributed by atoms with Crippen molar-refractivity contribution in [1.29, 1.82) is 0 Å². The van der Waals surface area contributed by atoms with E-state index in [2.05, 4.69) is 66.0 Å². The average Bonchev–Trinajstić information content (AvgIpc) is 2.17. The molecule has 0 saturated heterocycles. The molecule has 78 valence electrons. The maximum absolute atomic E-state index is 3.45. The summed E-state index contributed by atoms with van der Waals surface area (Å²) in [4.78, 5) is 2.29. The zero-order chi connectivity index (χ0) is 10.6. The molecule has 0 atom stereocenters. The lowest BCUT2D eigenvalue weighted by Gasteiger charge is -2.21. The van der Waals surface area contributed by atoms with Gasteiger partial charge in [-0.3, -0.25) is 0 Å². The number of hydrogen-bond donors (Lipinski definition) is 0. The van der Waals surface area contributed by atoms with E-state index in [1.807, 2.05) is 0 Å². The van der Waals surface area contributed by atoms with Crippen LogP contribution in [0.1, 0.15) is 19.4 Å². The molecule has 0 N–H and O–H groups in total.